The van der Waals surface area contributed by atoms with Crippen LogP contribution in [0.1, 0.15) is 31.4 Å². The Bertz CT molecular complexity index is 831. The zero-order valence-electron chi connectivity index (χ0n) is 14.9. The maximum atomic E-state index is 12.4. The van der Waals surface area contributed by atoms with E-state index in [4.69, 9.17) is 4.42 Å². The molecule has 0 bridgehead atoms. The summed E-state index contributed by atoms with van der Waals surface area (Å²) in [5.74, 6) is 1.58. The number of thioether (sulfide) groups is 1. The van der Waals surface area contributed by atoms with Gasteiger partial charge in [-0.2, -0.15) is 0 Å². The van der Waals surface area contributed by atoms with Gasteiger partial charge in [0.2, 0.25) is 5.91 Å². The molecule has 6 nitrogen and oxygen atoms in total. The van der Waals surface area contributed by atoms with E-state index >= 15 is 0 Å². The molecule has 0 spiro atoms. The summed E-state index contributed by atoms with van der Waals surface area (Å²) in [6.07, 6.45) is 3.51. The molecule has 26 heavy (non-hydrogen) atoms. The molecule has 0 aliphatic heterocycles. The van der Waals surface area contributed by atoms with E-state index in [1.54, 1.807) is 6.26 Å². The Morgan fingerprint density at radius 1 is 1.23 bits per heavy atom. The number of hydrogen-bond donors (Lipinski definition) is 1. The van der Waals surface area contributed by atoms with E-state index in [0.29, 0.717) is 16.7 Å². The first kappa shape index (κ1) is 18.3. The Morgan fingerprint density at radius 3 is 2.73 bits per heavy atom. The molecule has 0 aliphatic carbocycles. The number of aromatic nitrogens is 3. The molecule has 3 aromatic rings. The maximum absolute atomic E-state index is 12.4. The third-order valence-electron chi connectivity index (χ3n) is 4.02. The van der Waals surface area contributed by atoms with Crippen molar-refractivity contribution < 1.29 is 9.21 Å². The Balaban J connectivity index is 1.60. The molecule has 1 amide bonds. The van der Waals surface area contributed by atoms with Crippen LogP contribution < -0.4 is 5.32 Å². The van der Waals surface area contributed by atoms with Crippen LogP contribution in [0.25, 0.3) is 11.6 Å². The van der Waals surface area contributed by atoms with E-state index in [-0.39, 0.29) is 17.7 Å². The van der Waals surface area contributed by atoms with Crippen LogP contribution in [0.15, 0.2) is 58.3 Å². The molecule has 2 aromatic heterocycles. The molecule has 136 valence electrons. The molecule has 2 heterocycles. The van der Waals surface area contributed by atoms with Crippen molar-refractivity contribution in [2.45, 2.75) is 31.0 Å². The van der Waals surface area contributed by atoms with Gasteiger partial charge < -0.3 is 14.3 Å². The second-order valence-electron chi connectivity index (χ2n) is 5.95. The molecule has 3 rings (SSSR count). The molecule has 1 N–H and O–H groups in total. The molecule has 0 saturated carbocycles. The summed E-state index contributed by atoms with van der Waals surface area (Å²) in [6, 6.07) is 13.7. The van der Waals surface area contributed by atoms with Gasteiger partial charge in [0.25, 0.3) is 0 Å². The molecule has 1 unspecified atom stereocenters. The van der Waals surface area contributed by atoms with Crippen LogP contribution >= 0.6 is 11.8 Å². The van der Waals surface area contributed by atoms with Crippen molar-refractivity contribution in [2.24, 2.45) is 7.05 Å². The lowest BCUT2D eigenvalue weighted by Crippen LogP contribution is -2.30. The van der Waals surface area contributed by atoms with Crippen LogP contribution in [-0.2, 0) is 11.8 Å². The van der Waals surface area contributed by atoms with Gasteiger partial charge in [-0.05, 0) is 24.1 Å². The van der Waals surface area contributed by atoms with Crippen molar-refractivity contribution in [3.05, 3.63) is 54.3 Å². The number of amides is 1. The van der Waals surface area contributed by atoms with E-state index in [9.17, 15) is 4.79 Å². The number of furan rings is 1. The Labute approximate surface area is 157 Å². The Hall–Kier alpha value is -2.54. The van der Waals surface area contributed by atoms with E-state index in [2.05, 4.69) is 22.4 Å². The second-order valence-corrected chi connectivity index (χ2v) is 6.89. The average molecular weight is 370 g/mol. The van der Waals surface area contributed by atoms with Crippen LogP contribution in [0.2, 0.25) is 0 Å². The number of benzene rings is 1. The molecule has 0 aliphatic rings. The zero-order valence-corrected chi connectivity index (χ0v) is 15.7. The van der Waals surface area contributed by atoms with Gasteiger partial charge in [-0.1, -0.05) is 55.4 Å². The fourth-order valence-electron chi connectivity index (χ4n) is 2.72. The van der Waals surface area contributed by atoms with Crippen LogP contribution in [0, 0.1) is 0 Å². The molecule has 0 fully saturated rings. The van der Waals surface area contributed by atoms with Gasteiger partial charge in [-0.25, -0.2) is 0 Å². The Kier molecular flexibility index (Phi) is 6.12. The van der Waals surface area contributed by atoms with Crippen molar-refractivity contribution in [1.82, 2.24) is 20.1 Å². The predicted molar refractivity (Wildman–Crippen MR) is 102 cm³/mol. The fraction of sp³-hybridized carbons (Fsp3) is 0.316. The molecule has 1 atom stereocenters. The lowest BCUT2D eigenvalue weighted by atomic mass is 10.0. The minimum Gasteiger partial charge on any atom is -0.461 e. The van der Waals surface area contributed by atoms with Crippen LogP contribution in [0.3, 0.4) is 0 Å². The van der Waals surface area contributed by atoms with Crippen molar-refractivity contribution in [3.63, 3.8) is 0 Å². The minimum atomic E-state index is -0.0140. The predicted octanol–water partition coefficient (Wildman–Crippen LogP) is 3.82. The molecule has 1 aromatic carbocycles. The summed E-state index contributed by atoms with van der Waals surface area (Å²) < 4.78 is 7.19. The highest BCUT2D eigenvalue weighted by Gasteiger charge is 2.17. The topological polar surface area (TPSA) is 73.0 Å². The standard InChI is InChI=1S/C19H22N4O2S/c1-3-8-15(14-9-5-4-6-10-14)20-17(24)13-26-19-22-21-18(23(19)2)16-11-7-12-25-16/h4-7,9-12,15H,3,8,13H2,1-2H3,(H,20,24). The summed E-state index contributed by atoms with van der Waals surface area (Å²) in [7, 11) is 1.86. The summed E-state index contributed by atoms with van der Waals surface area (Å²) >= 11 is 1.36. The molecule has 7 heteroatoms. The first-order valence-corrected chi connectivity index (χ1v) is 9.58. The lowest BCUT2D eigenvalue weighted by Gasteiger charge is -2.18. The largest absolute Gasteiger partial charge is 0.461 e. The van der Waals surface area contributed by atoms with E-state index in [1.807, 2.05) is 54.1 Å². The van der Waals surface area contributed by atoms with Gasteiger partial charge in [0, 0.05) is 7.05 Å². The summed E-state index contributed by atoms with van der Waals surface area (Å²) in [5.41, 5.74) is 1.13. The van der Waals surface area contributed by atoms with E-state index < -0.39 is 0 Å². The van der Waals surface area contributed by atoms with Crippen LogP contribution in [0.4, 0.5) is 0 Å². The minimum absolute atomic E-state index is 0.0140. The monoisotopic (exact) mass is 370 g/mol. The number of carbonyl (C=O) groups excluding carboxylic acids is 1. The number of rotatable bonds is 8. The van der Waals surface area contributed by atoms with Gasteiger partial charge in [0.05, 0.1) is 18.1 Å². The second kappa shape index (κ2) is 8.71. The van der Waals surface area contributed by atoms with Crippen molar-refractivity contribution >= 4 is 17.7 Å². The van der Waals surface area contributed by atoms with Gasteiger partial charge in [0.15, 0.2) is 16.7 Å². The normalized spacial score (nSPS) is 12.1. The first-order chi connectivity index (χ1) is 12.7. The van der Waals surface area contributed by atoms with Gasteiger partial charge in [0.1, 0.15) is 0 Å². The molecule has 0 saturated heterocycles. The van der Waals surface area contributed by atoms with Gasteiger partial charge in [-0.3, -0.25) is 4.79 Å². The summed E-state index contributed by atoms with van der Waals surface area (Å²) in [6.45, 7) is 2.12. The SMILES string of the molecule is CCCC(NC(=O)CSc1nnc(-c2ccco2)n1C)c1ccccc1. The number of nitrogens with zero attached hydrogens (tertiary/aromatic N) is 3. The quantitative estimate of drug-likeness (QED) is 0.610. The smallest absolute Gasteiger partial charge is 0.230 e. The van der Waals surface area contributed by atoms with Crippen molar-refractivity contribution in [3.8, 4) is 11.6 Å². The zero-order chi connectivity index (χ0) is 18.4. The number of hydrogen-bond acceptors (Lipinski definition) is 5. The third kappa shape index (κ3) is 4.35. The fourth-order valence-corrected chi connectivity index (χ4v) is 3.45. The van der Waals surface area contributed by atoms with E-state index in [0.717, 1.165) is 18.4 Å². The maximum Gasteiger partial charge on any atom is 0.230 e. The van der Waals surface area contributed by atoms with Gasteiger partial charge >= 0.3 is 0 Å². The lowest BCUT2D eigenvalue weighted by molar-refractivity contribution is -0.119. The molecular weight excluding hydrogens is 348 g/mol. The average Bonchev–Trinajstić information content (AvgIpc) is 3.30. The third-order valence-corrected chi connectivity index (χ3v) is 5.04. The highest BCUT2D eigenvalue weighted by molar-refractivity contribution is 7.99. The van der Waals surface area contributed by atoms with Crippen molar-refractivity contribution in [2.75, 3.05) is 5.75 Å². The van der Waals surface area contributed by atoms with E-state index in [1.165, 1.54) is 11.8 Å². The van der Waals surface area contributed by atoms with Crippen LogP contribution in [0.5, 0.6) is 0 Å². The highest BCUT2D eigenvalue weighted by Crippen LogP contribution is 2.23. The number of nitrogens with one attached hydrogen (secondary N) is 1. The highest BCUT2D eigenvalue weighted by atomic mass is 32.2. The summed E-state index contributed by atoms with van der Waals surface area (Å²) in [5, 5.41) is 12.1. The van der Waals surface area contributed by atoms with Crippen molar-refractivity contribution in [1.29, 1.82) is 0 Å². The summed E-state index contributed by atoms with van der Waals surface area (Å²) in [4.78, 5) is 12.4. The molecule has 0 radical (unpaired) electrons. The number of carbonyl (C=O) groups is 1. The molecular formula is C19H22N4O2S. The van der Waals surface area contributed by atoms with Crippen LogP contribution in [-0.4, -0.2) is 26.4 Å². The first-order valence-electron chi connectivity index (χ1n) is 8.59. The Morgan fingerprint density at radius 2 is 2.04 bits per heavy atom. The van der Waals surface area contributed by atoms with Gasteiger partial charge in [-0.15, -0.1) is 10.2 Å².